The van der Waals surface area contributed by atoms with Crippen LogP contribution < -0.4 is 0 Å². The molecule has 1 heterocycles. The Hall–Kier alpha value is -1.83. The Balaban J connectivity index is 1.96. The van der Waals surface area contributed by atoms with Gasteiger partial charge in [0.15, 0.2) is 0 Å². The van der Waals surface area contributed by atoms with Crippen molar-refractivity contribution in [2.45, 2.75) is 19.3 Å². The Bertz CT molecular complexity index is 1100. The van der Waals surface area contributed by atoms with Crippen LogP contribution in [-0.2, 0) is 5.41 Å². The second kappa shape index (κ2) is 4.37. The zero-order valence-electron chi connectivity index (χ0n) is 13.0. The van der Waals surface area contributed by atoms with Crippen molar-refractivity contribution in [1.29, 1.82) is 0 Å². The molecule has 1 aromatic heterocycles. The molecule has 0 unspecified atom stereocenters. The largest absolute Gasteiger partial charge is 0.135 e. The van der Waals surface area contributed by atoms with Crippen LogP contribution >= 0.6 is 22.9 Å². The van der Waals surface area contributed by atoms with Gasteiger partial charge in [0.2, 0.25) is 0 Å². The molecule has 0 bridgehead atoms. The lowest BCUT2D eigenvalue weighted by Gasteiger charge is -2.21. The van der Waals surface area contributed by atoms with E-state index in [1.54, 1.807) is 0 Å². The number of fused-ring (bicyclic) bond motifs is 6. The Morgan fingerprint density at radius 3 is 2.52 bits per heavy atom. The molecule has 0 spiro atoms. The van der Waals surface area contributed by atoms with E-state index in [9.17, 15) is 0 Å². The quantitative estimate of drug-likeness (QED) is 0.324. The van der Waals surface area contributed by atoms with E-state index in [-0.39, 0.29) is 5.41 Å². The molecule has 0 fully saturated rings. The molecule has 4 aromatic rings. The molecular weight excluding hydrogens is 320 g/mol. The summed E-state index contributed by atoms with van der Waals surface area (Å²) in [6, 6.07) is 19.7. The summed E-state index contributed by atoms with van der Waals surface area (Å²) in [6.07, 6.45) is 0. The Morgan fingerprint density at radius 2 is 1.65 bits per heavy atom. The second-order valence-corrected chi connectivity index (χ2v) is 8.27. The van der Waals surface area contributed by atoms with Crippen molar-refractivity contribution in [3.63, 3.8) is 0 Å². The lowest BCUT2D eigenvalue weighted by atomic mass is 9.82. The van der Waals surface area contributed by atoms with Crippen molar-refractivity contribution < 1.29 is 0 Å². The minimum atomic E-state index is 0.0556. The summed E-state index contributed by atoms with van der Waals surface area (Å²) in [7, 11) is 0. The molecule has 0 atom stereocenters. The highest BCUT2D eigenvalue weighted by Gasteiger charge is 2.35. The average Bonchev–Trinajstić information content (AvgIpc) is 3.01. The highest BCUT2D eigenvalue weighted by atomic mass is 35.5. The number of hydrogen-bond acceptors (Lipinski definition) is 1. The van der Waals surface area contributed by atoms with Gasteiger partial charge >= 0.3 is 0 Å². The molecule has 0 aliphatic heterocycles. The first-order valence-electron chi connectivity index (χ1n) is 7.82. The van der Waals surface area contributed by atoms with E-state index in [1.807, 2.05) is 23.5 Å². The van der Waals surface area contributed by atoms with Crippen molar-refractivity contribution in [3.8, 4) is 11.1 Å². The monoisotopic (exact) mass is 334 g/mol. The summed E-state index contributed by atoms with van der Waals surface area (Å²) >= 11 is 8.33. The number of rotatable bonds is 0. The summed E-state index contributed by atoms with van der Waals surface area (Å²) in [6.45, 7) is 4.65. The van der Waals surface area contributed by atoms with Gasteiger partial charge in [0.25, 0.3) is 0 Å². The lowest BCUT2D eigenvalue weighted by Crippen LogP contribution is -2.14. The topological polar surface area (TPSA) is 0 Å². The molecule has 1 aliphatic rings. The molecule has 5 rings (SSSR count). The molecule has 1 aliphatic carbocycles. The maximum atomic E-state index is 6.49. The van der Waals surface area contributed by atoms with Gasteiger partial charge in [-0.1, -0.05) is 55.8 Å². The molecule has 3 aromatic carbocycles. The lowest BCUT2D eigenvalue weighted by molar-refractivity contribution is 0.661. The van der Waals surface area contributed by atoms with Gasteiger partial charge in [-0.3, -0.25) is 0 Å². The van der Waals surface area contributed by atoms with E-state index in [0.29, 0.717) is 0 Å². The summed E-state index contributed by atoms with van der Waals surface area (Å²) in [5.74, 6) is 0. The summed E-state index contributed by atoms with van der Waals surface area (Å²) in [5, 5.41) is 3.32. The molecule has 2 heteroatoms. The van der Waals surface area contributed by atoms with Gasteiger partial charge < -0.3 is 0 Å². The zero-order chi connectivity index (χ0) is 15.8. The second-order valence-electron chi connectivity index (χ2n) is 6.78. The molecular formula is C21H15ClS. The van der Waals surface area contributed by atoms with E-state index < -0.39 is 0 Å². The van der Waals surface area contributed by atoms with Gasteiger partial charge in [-0.15, -0.1) is 11.3 Å². The van der Waals surface area contributed by atoms with E-state index in [2.05, 4.69) is 56.3 Å². The molecule has 0 N–H and O–H groups in total. The Morgan fingerprint density at radius 1 is 0.826 bits per heavy atom. The predicted molar refractivity (Wildman–Crippen MR) is 102 cm³/mol. The van der Waals surface area contributed by atoms with Gasteiger partial charge in [-0.05, 0) is 46.5 Å². The fourth-order valence-electron chi connectivity index (χ4n) is 3.98. The maximum absolute atomic E-state index is 6.49. The van der Waals surface area contributed by atoms with Crippen molar-refractivity contribution in [2.75, 3.05) is 0 Å². The van der Waals surface area contributed by atoms with Gasteiger partial charge in [0.05, 0.1) is 0 Å². The normalized spacial score (nSPS) is 15.1. The van der Waals surface area contributed by atoms with Gasteiger partial charge in [-0.25, -0.2) is 0 Å². The number of halogens is 1. The van der Waals surface area contributed by atoms with Crippen LogP contribution in [-0.4, -0.2) is 0 Å². The SMILES string of the molecule is CC1(C)c2ccccc2-c2cc3c(cc21)sc1cccc(Cl)c13. The molecule has 0 saturated heterocycles. The number of thiophene rings is 1. The van der Waals surface area contributed by atoms with Gasteiger partial charge in [0, 0.05) is 30.6 Å². The minimum absolute atomic E-state index is 0.0556. The first kappa shape index (κ1) is 13.6. The third kappa shape index (κ3) is 1.67. The molecule has 0 nitrogen and oxygen atoms in total. The van der Waals surface area contributed by atoms with Crippen molar-refractivity contribution in [3.05, 3.63) is 70.7 Å². The highest BCUT2D eigenvalue weighted by Crippen LogP contribution is 2.51. The minimum Gasteiger partial charge on any atom is -0.135 e. The molecule has 0 radical (unpaired) electrons. The maximum Gasteiger partial charge on any atom is 0.0499 e. The van der Waals surface area contributed by atoms with E-state index in [4.69, 9.17) is 11.6 Å². The van der Waals surface area contributed by atoms with Gasteiger partial charge in [0.1, 0.15) is 0 Å². The molecule has 112 valence electrons. The van der Waals surface area contributed by atoms with E-state index in [1.165, 1.54) is 42.4 Å². The summed E-state index contributed by atoms with van der Waals surface area (Å²) in [5.41, 5.74) is 5.62. The molecule has 0 saturated carbocycles. The summed E-state index contributed by atoms with van der Waals surface area (Å²) in [4.78, 5) is 0. The first-order valence-corrected chi connectivity index (χ1v) is 9.02. The molecule has 0 amide bonds. The molecule has 23 heavy (non-hydrogen) atoms. The van der Waals surface area contributed by atoms with Crippen molar-refractivity contribution in [1.82, 2.24) is 0 Å². The standard InChI is InChI=1S/C21H15ClS/c1-21(2)15-7-4-3-6-12(15)13-10-14-19(11-16(13)21)23-18-9-5-8-17(22)20(14)18/h3-11H,1-2H3. The third-order valence-corrected chi connectivity index (χ3v) is 6.58. The van der Waals surface area contributed by atoms with Crippen LogP contribution in [0.5, 0.6) is 0 Å². The van der Waals surface area contributed by atoms with Crippen LogP contribution in [0.4, 0.5) is 0 Å². The van der Waals surface area contributed by atoms with Crippen molar-refractivity contribution in [2.24, 2.45) is 0 Å². The zero-order valence-corrected chi connectivity index (χ0v) is 14.6. The van der Waals surface area contributed by atoms with Crippen LogP contribution in [0.3, 0.4) is 0 Å². The number of benzene rings is 3. The van der Waals surface area contributed by atoms with E-state index >= 15 is 0 Å². The Labute approximate surface area is 144 Å². The van der Waals surface area contributed by atoms with Crippen LogP contribution in [0, 0.1) is 0 Å². The first-order chi connectivity index (χ1) is 11.1. The Kier molecular flexibility index (Phi) is 2.58. The van der Waals surface area contributed by atoms with Crippen LogP contribution in [0.2, 0.25) is 5.02 Å². The predicted octanol–water partition coefficient (Wildman–Crippen LogP) is 7.01. The average molecular weight is 335 g/mol. The van der Waals surface area contributed by atoms with Crippen molar-refractivity contribution >= 4 is 43.1 Å². The number of hydrogen-bond donors (Lipinski definition) is 0. The third-order valence-electron chi connectivity index (χ3n) is 5.15. The highest BCUT2D eigenvalue weighted by molar-refractivity contribution is 7.26. The van der Waals surface area contributed by atoms with E-state index in [0.717, 1.165) is 5.02 Å². The fraction of sp³-hybridized carbons (Fsp3) is 0.143. The van der Waals surface area contributed by atoms with Crippen LogP contribution in [0.1, 0.15) is 25.0 Å². The summed E-state index contributed by atoms with van der Waals surface area (Å²) < 4.78 is 2.59. The fourth-order valence-corrected chi connectivity index (χ4v) is 5.46. The van der Waals surface area contributed by atoms with Crippen LogP contribution in [0.25, 0.3) is 31.3 Å². The van der Waals surface area contributed by atoms with Gasteiger partial charge in [-0.2, -0.15) is 0 Å². The smallest absolute Gasteiger partial charge is 0.0499 e. The van der Waals surface area contributed by atoms with Crippen LogP contribution in [0.15, 0.2) is 54.6 Å².